The van der Waals surface area contributed by atoms with E-state index >= 15 is 0 Å². The molecule has 0 fully saturated rings. The maximum atomic E-state index is 13.9. The number of aryl methyl sites for hydroxylation is 1. The van der Waals surface area contributed by atoms with Crippen molar-refractivity contribution >= 4 is 23.1 Å². The summed E-state index contributed by atoms with van der Waals surface area (Å²) in [4.78, 5) is 19.7. The molecule has 6 nitrogen and oxygen atoms in total. The van der Waals surface area contributed by atoms with Crippen LogP contribution in [-0.2, 0) is 6.42 Å². The van der Waals surface area contributed by atoms with Crippen molar-refractivity contribution in [1.29, 1.82) is 0 Å². The van der Waals surface area contributed by atoms with Crippen LogP contribution in [-0.4, -0.2) is 18.5 Å². The largest absolute Gasteiger partial charge is 0.497 e. The van der Waals surface area contributed by atoms with Gasteiger partial charge in [-0.25, -0.2) is 4.99 Å². The van der Waals surface area contributed by atoms with E-state index in [0.29, 0.717) is 15.1 Å². The smallest absolute Gasteiger partial charge is 0.271 e. The maximum Gasteiger partial charge on any atom is 0.271 e. The molecule has 0 N–H and O–H groups in total. The molecule has 178 valence electrons. The number of thiazole rings is 1. The highest BCUT2D eigenvalue weighted by molar-refractivity contribution is 7.07. The molecule has 1 unspecified atom stereocenters. The molecule has 0 saturated carbocycles. The fourth-order valence-corrected chi connectivity index (χ4v) is 6.29. The van der Waals surface area contributed by atoms with E-state index in [1.807, 2.05) is 47.0 Å². The van der Waals surface area contributed by atoms with E-state index in [-0.39, 0.29) is 18.4 Å². The molecular formula is C29H22N2O4S. The fraction of sp³-hybridized carbons (Fsp3) is 0.172. The van der Waals surface area contributed by atoms with Gasteiger partial charge in [0.1, 0.15) is 5.75 Å². The Kier molecular flexibility index (Phi) is 4.85. The molecule has 7 heteroatoms. The van der Waals surface area contributed by atoms with Crippen molar-refractivity contribution in [2.75, 3.05) is 13.9 Å². The summed E-state index contributed by atoms with van der Waals surface area (Å²) in [5.41, 5.74) is 6.46. The second-order valence-electron chi connectivity index (χ2n) is 9.00. The molecule has 0 radical (unpaired) electrons. The van der Waals surface area contributed by atoms with Gasteiger partial charge < -0.3 is 14.2 Å². The number of fused-ring (bicyclic) bond motifs is 4. The average molecular weight is 495 g/mol. The summed E-state index contributed by atoms with van der Waals surface area (Å²) in [5.74, 6) is 2.18. The number of aromatic nitrogens is 1. The third-order valence-electron chi connectivity index (χ3n) is 6.98. The number of hydrogen-bond acceptors (Lipinski definition) is 6. The number of benzene rings is 3. The quantitative estimate of drug-likeness (QED) is 0.431. The molecular weight excluding hydrogens is 472 g/mol. The standard InChI is InChI=1S/C29H22N2O4S/c1-33-20-7-4-6-19(15-20)27-22-11-10-18-5-2-3-8-21(18)26(22)30-29-31(27)28(32)25(36-29)14-17-9-12-23-24(13-17)35-16-34-23/h2-9,12-15,27H,10-11,16H2,1H3. The molecule has 0 spiro atoms. The van der Waals surface area contributed by atoms with Crippen molar-refractivity contribution in [3.05, 3.63) is 114 Å². The number of ether oxygens (including phenoxy) is 3. The first kappa shape index (κ1) is 21.2. The van der Waals surface area contributed by atoms with Crippen molar-refractivity contribution in [2.24, 2.45) is 4.99 Å². The Labute approximate surface area is 211 Å². The number of methoxy groups -OCH3 is 1. The Balaban J connectivity index is 1.46. The minimum absolute atomic E-state index is 0.0466. The van der Waals surface area contributed by atoms with Crippen LogP contribution in [0.5, 0.6) is 17.2 Å². The topological polar surface area (TPSA) is 62.0 Å². The van der Waals surface area contributed by atoms with Gasteiger partial charge in [0.2, 0.25) is 6.79 Å². The molecule has 0 saturated heterocycles. The van der Waals surface area contributed by atoms with Crippen molar-refractivity contribution < 1.29 is 14.2 Å². The summed E-state index contributed by atoms with van der Waals surface area (Å²) >= 11 is 1.42. The van der Waals surface area contributed by atoms with Crippen LogP contribution in [0.15, 0.2) is 82.1 Å². The van der Waals surface area contributed by atoms with Crippen molar-refractivity contribution in [1.82, 2.24) is 4.57 Å². The Morgan fingerprint density at radius 1 is 1.03 bits per heavy atom. The summed E-state index contributed by atoms with van der Waals surface area (Å²) in [6, 6.07) is 21.9. The second kappa shape index (κ2) is 8.24. The van der Waals surface area contributed by atoms with Crippen LogP contribution in [0, 0.1) is 0 Å². The maximum absolute atomic E-state index is 13.9. The van der Waals surface area contributed by atoms with E-state index in [9.17, 15) is 4.79 Å². The molecule has 36 heavy (non-hydrogen) atoms. The van der Waals surface area contributed by atoms with E-state index in [0.717, 1.165) is 46.7 Å². The molecule has 3 aliphatic rings. The molecule has 2 aliphatic heterocycles. The monoisotopic (exact) mass is 494 g/mol. The lowest BCUT2D eigenvalue weighted by Crippen LogP contribution is -2.38. The number of nitrogens with zero attached hydrogens (tertiary/aromatic N) is 2. The van der Waals surface area contributed by atoms with Crippen LogP contribution in [0.4, 0.5) is 0 Å². The zero-order valence-corrected chi connectivity index (χ0v) is 20.4. The summed E-state index contributed by atoms with van der Waals surface area (Å²) in [5, 5.41) is 0. The average Bonchev–Trinajstić information content (AvgIpc) is 3.51. The van der Waals surface area contributed by atoms with Gasteiger partial charge in [-0.3, -0.25) is 9.36 Å². The van der Waals surface area contributed by atoms with Crippen molar-refractivity contribution in [3.63, 3.8) is 0 Å². The Morgan fingerprint density at radius 2 is 1.92 bits per heavy atom. The van der Waals surface area contributed by atoms with Crippen LogP contribution in [0.2, 0.25) is 0 Å². The Hall–Kier alpha value is -4.10. The molecule has 3 heterocycles. The van der Waals surface area contributed by atoms with E-state index in [1.165, 1.54) is 22.5 Å². The summed E-state index contributed by atoms with van der Waals surface area (Å²) in [6.45, 7) is 0.217. The van der Waals surface area contributed by atoms with Gasteiger partial charge >= 0.3 is 0 Å². The van der Waals surface area contributed by atoms with Gasteiger partial charge in [-0.15, -0.1) is 0 Å². The highest BCUT2D eigenvalue weighted by atomic mass is 32.1. The predicted molar refractivity (Wildman–Crippen MR) is 138 cm³/mol. The van der Waals surface area contributed by atoms with Gasteiger partial charge in [-0.2, -0.15) is 0 Å². The Bertz CT molecular complexity index is 1750. The predicted octanol–water partition coefficient (Wildman–Crippen LogP) is 4.06. The van der Waals surface area contributed by atoms with Crippen molar-refractivity contribution in [2.45, 2.75) is 18.9 Å². The van der Waals surface area contributed by atoms with E-state index < -0.39 is 0 Å². The number of rotatable bonds is 3. The lowest BCUT2D eigenvalue weighted by atomic mass is 9.83. The SMILES string of the molecule is COc1cccc(C2C3=C(N=c4sc(=Cc5ccc6c(c5)OCO6)c(=O)n42)c2ccccc2CC3)c1. The number of allylic oxidation sites excluding steroid dienone is 1. The van der Waals surface area contributed by atoms with Gasteiger partial charge in [-0.1, -0.05) is 53.8 Å². The van der Waals surface area contributed by atoms with E-state index in [1.54, 1.807) is 7.11 Å². The van der Waals surface area contributed by atoms with Gasteiger partial charge in [0.25, 0.3) is 5.56 Å². The minimum atomic E-state index is -0.237. The van der Waals surface area contributed by atoms with Crippen LogP contribution in [0.3, 0.4) is 0 Å². The summed E-state index contributed by atoms with van der Waals surface area (Å²) < 4.78 is 19.0. The Morgan fingerprint density at radius 3 is 2.83 bits per heavy atom. The lowest BCUT2D eigenvalue weighted by molar-refractivity contribution is 0.174. The van der Waals surface area contributed by atoms with E-state index in [4.69, 9.17) is 19.2 Å². The highest BCUT2D eigenvalue weighted by Gasteiger charge is 2.32. The molecule has 4 aromatic rings. The van der Waals surface area contributed by atoms with Gasteiger partial charge in [0.05, 0.1) is 23.4 Å². The second-order valence-corrected chi connectivity index (χ2v) is 10.0. The molecule has 1 aromatic heterocycles. The fourth-order valence-electron chi connectivity index (χ4n) is 5.29. The normalized spacial score (nSPS) is 17.8. The van der Waals surface area contributed by atoms with Gasteiger partial charge in [0.15, 0.2) is 16.3 Å². The minimum Gasteiger partial charge on any atom is -0.497 e. The summed E-state index contributed by atoms with van der Waals surface area (Å²) in [7, 11) is 1.66. The van der Waals surface area contributed by atoms with Crippen LogP contribution in [0.25, 0.3) is 11.8 Å². The van der Waals surface area contributed by atoms with Crippen LogP contribution < -0.4 is 29.1 Å². The third-order valence-corrected chi connectivity index (χ3v) is 7.96. The lowest BCUT2D eigenvalue weighted by Gasteiger charge is -2.31. The van der Waals surface area contributed by atoms with E-state index in [2.05, 4.69) is 30.3 Å². The zero-order chi connectivity index (χ0) is 24.2. The first-order valence-electron chi connectivity index (χ1n) is 11.9. The molecule has 1 atom stereocenters. The first-order valence-corrected chi connectivity index (χ1v) is 12.7. The zero-order valence-electron chi connectivity index (χ0n) is 19.6. The molecule has 0 amide bonds. The highest BCUT2D eigenvalue weighted by Crippen LogP contribution is 2.41. The summed E-state index contributed by atoms with van der Waals surface area (Å²) in [6.07, 6.45) is 3.68. The first-order chi connectivity index (χ1) is 17.7. The molecule has 0 bridgehead atoms. The number of hydrogen-bond donors (Lipinski definition) is 0. The van der Waals surface area contributed by atoms with Crippen molar-refractivity contribution in [3.8, 4) is 17.2 Å². The molecule has 1 aliphatic carbocycles. The van der Waals surface area contributed by atoms with Gasteiger partial charge in [0, 0.05) is 5.56 Å². The molecule has 7 rings (SSSR count). The molecule has 3 aromatic carbocycles. The van der Waals surface area contributed by atoms with Crippen LogP contribution >= 0.6 is 11.3 Å². The third kappa shape index (κ3) is 3.31. The van der Waals surface area contributed by atoms with Crippen LogP contribution in [0.1, 0.15) is 34.7 Å². The van der Waals surface area contributed by atoms with Gasteiger partial charge in [-0.05, 0) is 65.4 Å².